The van der Waals surface area contributed by atoms with Gasteiger partial charge in [-0.3, -0.25) is 4.79 Å². The van der Waals surface area contributed by atoms with Gasteiger partial charge in [0, 0.05) is 63.7 Å². The minimum absolute atomic E-state index is 0.242. The van der Waals surface area contributed by atoms with Crippen LogP contribution in [0.2, 0.25) is 0 Å². The second-order valence-electron chi connectivity index (χ2n) is 10.2. The zero-order valence-corrected chi connectivity index (χ0v) is 19.4. The molecule has 0 bridgehead atoms. The zero-order chi connectivity index (χ0) is 21.4. The van der Waals surface area contributed by atoms with E-state index in [2.05, 4.69) is 33.6 Å². The number of hydrogen-bond donors (Lipinski definition) is 0. The molecule has 0 aromatic carbocycles. The SMILES string of the molecule is CC1CCN(c2nc(N3CCN(C)CC3)nc3c2CN(C(=O)C2CCCC2)CC3)CC1. The summed E-state index contributed by atoms with van der Waals surface area (Å²) in [6.45, 7) is 10.0. The summed E-state index contributed by atoms with van der Waals surface area (Å²) in [6.07, 6.45) is 7.83. The number of likely N-dealkylation sites (N-methyl/N-ethyl adjacent to an activating group) is 1. The van der Waals surface area contributed by atoms with Crippen molar-refractivity contribution in [3.63, 3.8) is 0 Å². The highest BCUT2D eigenvalue weighted by Crippen LogP contribution is 2.34. The van der Waals surface area contributed by atoms with Crippen LogP contribution in [0.5, 0.6) is 0 Å². The van der Waals surface area contributed by atoms with Crippen molar-refractivity contribution in [3.05, 3.63) is 11.3 Å². The predicted octanol–water partition coefficient (Wildman–Crippen LogP) is 2.54. The van der Waals surface area contributed by atoms with Crippen LogP contribution < -0.4 is 9.80 Å². The molecule has 7 nitrogen and oxygen atoms in total. The lowest BCUT2D eigenvalue weighted by atomic mass is 9.97. The van der Waals surface area contributed by atoms with Gasteiger partial charge in [-0.15, -0.1) is 0 Å². The number of rotatable bonds is 3. The van der Waals surface area contributed by atoms with Crippen LogP contribution in [0.1, 0.15) is 56.7 Å². The number of hydrogen-bond acceptors (Lipinski definition) is 6. The van der Waals surface area contributed by atoms with Crippen LogP contribution in [0, 0.1) is 11.8 Å². The van der Waals surface area contributed by atoms with E-state index in [1.165, 1.54) is 36.9 Å². The molecule has 0 unspecified atom stereocenters. The van der Waals surface area contributed by atoms with E-state index in [1.54, 1.807) is 0 Å². The van der Waals surface area contributed by atoms with Crippen molar-refractivity contribution in [2.45, 2.75) is 58.4 Å². The number of piperazine rings is 1. The fourth-order valence-corrected chi connectivity index (χ4v) is 5.63. The van der Waals surface area contributed by atoms with Crippen LogP contribution >= 0.6 is 0 Å². The molecule has 170 valence electrons. The van der Waals surface area contributed by atoms with E-state index in [-0.39, 0.29) is 5.92 Å². The summed E-state index contributed by atoms with van der Waals surface area (Å²) >= 11 is 0. The summed E-state index contributed by atoms with van der Waals surface area (Å²) in [5.41, 5.74) is 2.39. The Bertz CT molecular complexity index is 792. The Morgan fingerprint density at radius 3 is 2.29 bits per heavy atom. The highest BCUT2D eigenvalue weighted by molar-refractivity contribution is 5.79. The molecular weight excluding hydrogens is 388 g/mol. The third-order valence-corrected chi connectivity index (χ3v) is 7.91. The minimum Gasteiger partial charge on any atom is -0.356 e. The first-order valence-electron chi connectivity index (χ1n) is 12.5. The second-order valence-corrected chi connectivity index (χ2v) is 10.2. The Morgan fingerprint density at radius 1 is 0.871 bits per heavy atom. The first-order chi connectivity index (χ1) is 15.1. The number of anilines is 2. The molecule has 1 aromatic rings. The third-order valence-electron chi connectivity index (χ3n) is 7.91. The number of nitrogens with zero attached hydrogens (tertiary/aromatic N) is 6. The molecule has 0 N–H and O–H groups in total. The van der Waals surface area contributed by atoms with Gasteiger partial charge in [-0.2, -0.15) is 4.98 Å². The van der Waals surface area contributed by atoms with Crippen molar-refractivity contribution in [1.29, 1.82) is 0 Å². The summed E-state index contributed by atoms with van der Waals surface area (Å²) in [6, 6.07) is 0. The van der Waals surface area contributed by atoms with Crippen molar-refractivity contribution in [2.75, 3.05) is 62.7 Å². The molecule has 4 aliphatic rings. The van der Waals surface area contributed by atoms with E-state index in [4.69, 9.17) is 9.97 Å². The number of carbonyl (C=O) groups is 1. The van der Waals surface area contributed by atoms with Crippen molar-refractivity contribution >= 4 is 17.7 Å². The molecule has 0 radical (unpaired) electrons. The lowest BCUT2D eigenvalue weighted by molar-refractivity contribution is -0.136. The maximum Gasteiger partial charge on any atom is 0.227 e. The molecule has 3 fully saturated rings. The number of aromatic nitrogens is 2. The van der Waals surface area contributed by atoms with Gasteiger partial charge in [-0.25, -0.2) is 4.98 Å². The van der Waals surface area contributed by atoms with Gasteiger partial charge in [0.15, 0.2) is 0 Å². The van der Waals surface area contributed by atoms with Crippen LogP contribution in [-0.4, -0.2) is 78.5 Å². The second kappa shape index (κ2) is 8.93. The molecule has 3 aliphatic heterocycles. The van der Waals surface area contributed by atoms with E-state index in [0.717, 1.165) is 82.8 Å². The fourth-order valence-electron chi connectivity index (χ4n) is 5.63. The summed E-state index contributed by atoms with van der Waals surface area (Å²) < 4.78 is 0. The zero-order valence-electron chi connectivity index (χ0n) is 19.4. The highest BCUT2D eigenvalue weighted by Gasteiger charge is 2.33. The Hall–Kier alpha value is -1.89. The van der Waals surface area contributed by atoms with E-state index < -0.39 is 0 Å². The van der Waals surface area contributed by atoms with E-state index in [1.807, 2.05) is 0 Å². The number of carbonyl (C=O) groups excluding carboxylic acids is 1. The monoisotopic (exact) mass is 426 g/mol. The van der Waals surface area contributed by atoms with Gasteiger partial charge >= 0.3 is 0 Å². The average Bonchev–Trinajstić information content (AvgIpc) is 3.34. The van der Waals surface area contributed by atoms with Gasteiger partial charge in [0.1, 0.15) is 5.82 Å². The maximum atomic E-state index is 13.1. The topological polar surface area (TPSA) is 55.8 Å². The normalized spacial score (nSPS) is 24.0. The predicted molar refractivity (Wildman–Crippen MR) is 123 cm³/mol. The first-order valence-corrected chi connectivity index (χ1v) is 12.5. The number of fused-ring (bicyclic) bond motifs is 1. The van der Waals surface area contributed by atoms with Crippen LogP contribution in [0.15, 0.2) is 0 Å². The maximum absolute atomic E-state index is 13.1. The van der Waals surface area contributed by atoms with E-state index in [0.29, 0.717) is 12.5 Å². The molecule has 0 spiro atoms. The average molecular weight is 427 g/mol. The smallest absolute Gasteiger partial charge is 0.227 e. The van der Waals surface area contributed by atoms with Gasteiger partial charge in [-0.1, -0.05) is 19.8 Å². The first kappa shape index (κ1) is 21.0. The quantitative estimate of drug-likeness (QED) is 0.740. The third kappa shape index (κ3) is 4.38. The van der Waals surface area contributed by atoms with Crippen molar-refractivity contribution in [2.24, 2.45) is 11.8 Å². The fraction of sp³-hybridized carbons (Fsp3) is 0.792. The van der Waals surface area contributed by atoms with E-state index >= 15 is 0 Å². The molecular formula is C24H38N6O. The van der Waals surface area contributed by atoms with E-state index in [9.17, 15) is 4.79 Å². The molecule has 2 saturated heterocycles. The van der Waals surface area contributed by atoms with Crippen LogP contribution in [0.3, 0.4) is 0 Å². The standard InChI is InChI=1S/C24H38N6O/c1-18-7-10-28(11-8-18)22-20-17-30(23(31)19-5-3-4-6-19)12-9-21(20)25-24(26-22)29-15-13-27(2)14-16-29/h18-19H,3-17H2,1-2H3. The Labute approximate surface area is 186 Å². The molecule has 1 aromatic heterocycles. The summed E-state index contributed by atoms with van der Waals surface area (Å²) in [5.74, 6) is 3.40. The Balaban J connectivity index is 1.43. The van der Waals surface area contributed by atoms with Gasteiger partial charge in [0.05, 0.1) is 12.2 Å². The van der Waals surface area contributed by atoms with Gasteiger partial charge in [0.2, 0.25) is 11.9 Å². The summed E-state index contributed by atoms with van der Waals surface area (Å²) in [7, 11) is 2.18. The van der Waals surface area contributed by atoms with Crippen molar-refractivity contribution < 1.29 is 4.79 Å². The molecule has 1 amide bonds. The number of piperidine rings is 1. The molecule has 1 saturated carbocycles. The molecule has 0 atom stereocenters. The van der Waals surface area contributed by atoms with Gasteiger partial charge < -0.3 is 19.6 Å². The van der Waals surface area contributed by atoms with Crippen LogP contribution in [-0.2, 0) is 17.8 Å². The molecule has 31 heavy (non-hydrogen) atoms. The number of amides is 1. The molecule has 5 rings (SSSR count). The van der Waals surface area contributed by atoms with Crippen molar-refractivity contribution in [3.8, 4) is 0 Å². The van der Waals surface area contributed by atoms with Crippen LogP contribution in [0.4, 0.5) is 11.8 Å². The lowest BCUT2D eigenvalue weighted by Crippen LogP contribution is -2.46. The largest absolute Gasteiger partial charge is 0.356 e. The van der Waals surface area contributed by atoms with Gasteiger partial charge in [0.25, 0.3) is 0 Å². The minimum atomic E-state index is 0.242. The van der Waals surface area contributed by atoms with Crippen LogP contribution in [0.25, 0.3) is 0 Å². The Morgan fingerprint density at radius 2 is 1.58 bits per heavy atom. The lowest BCUT2D eigenvalue weighted by Gasteiger charge is -2.38. The Kier molecular flexibility index (Phi) is 6.04. The highest BCUT2D eigenvalue weighted by atomic mass is 16.2. The summed E-state index contributed by atoms with van der Waals surface area (Å²) in [5, 5.41) is 0. The van der Waals surface area contributed by atoms with Gasteiger partial charge in [-0.05, 0) is 38.6 Å². The molecule has 7 heteroatoms. The molecule has 1 aliphatic carbocycles. The molecule has 4 heterocycles. The van der Waals surface area contributed by atoms with Crippen molar-refractivity contribution in [1.82, 2.24) is 19.8 Å². The summed E-state index contributed by atoms with van der Waals surface area (Å²) in [4.78, 5) is 32.7.